The van der Waals surface area contributed by atoms with Gasteiger partial charge in [-0.05, 0) is 46.2 Å². The Morgan fingerprint density at radius 3 is 1.43 bits per heavy atom. The summed E-state index contributed by atoms with van der Waals surface area (Å²) in [5.74, 6) is 0. The molecule has 14 heavy (non-hydrogen) atoms. The largest absolute Gasteiger partial charge is 0.299 e. The van der Waals surface area contributed by atoms with Crippen LogP contribution in [0.4, 0.5) is 0 Å². The molecule has 0 spiro atoms. The van der Waals surface area contributed by atoms with Crippen molar-refractivity contribution in [1.82, 2.24) is 5.23 Å². The first-order valence-electron chi connectivity index (χ1n) is 4.94. The van der Waals surface area contributed by atoms with Crippen molar-refractivity contribution in [2.45, 2.75) is 46.2 Å². The van der Waals surface area contributed by atoms with E-state index in [0.717, 1.165) is 0 Å². The lowest BCUT2D eigenvalue weighted by atomic mass is 10.7. The van der Waals surface area contributed by atoms with Crippen LogP contribution in [0.3, 0.4) is 0 Å². The molecule has 0 aromatic heterocycles. The van der Waals surface area contributed by atoms with Crippen LogP contribution in [-0.4, -0.2) is 21.9 Å². The Labute approximate surface area is 89.9 Å². The molecular formula is C9H23NO2Si2. The van der Waals surface area contributed by atoms with Crippen LogP contribution in [0.15, 0.2) is 12.3 Å². The summed E-state index contributed by atoms with van der Waals surface area (Å²) in [6, 6.07) is 0. The van der Waals surface area contributed by atoms with Gasteiger partial charge in [-0.1, -0.05) is 6.08 Å². The number of allylic oxidation sites excluding steroid dienone is 1. The SMILES string of the molecule is C/C=C\N(O[Si](C)(C)C)O[Si](C)(C)C. The fourth-order valence-electron chi connectivity index (χ4n) is 0.741. The zero-order chi connectivity index (χ0) is 11.4. The van der Waals surface area contributed by atoms with Crippen molar-refractivity contribution >= 4 is 16.6 Å². The predicted octanol–water partition coefficient (Wildman–Crippen LogP) is 3.36. The van der Waals surface area contributed by atoms with Gasteiger partial charge in [-0.3, -0.25) is 9.05 Å². The molecule has 0 aromatic carbocycles. The lowest BCUT2D eigenvalue weighted by Gasteiger charge is -2.31. The third kappa shape index (κ3) is 8.49. The summed E-state index contributed by atoms with van der Waals surface area (Å²) < 4.78 is 11.5. The third-order valence-electron chi connectivity index (χ3n) is 0.998. The Bertz CT molecular complexity index is 178. The molecule has 0 radical (unpaired) electrons. The second-order valence-electron chi connectivity index (χ2n) is 5.18. The molecule has 5 heteroatoms. The second kappa shape index (κ2) is 5.11. The zero-order valence-electron chi connectivity index (χ0n) is 10.4. The van der Waals surface area contributed by atoms with E-state index < -0.39 is 16.6 Å². The first kappa shape index (κ1) is 13.9. The fourth-order valence-corrected chi connectivity index (χ4v) is 2.09. The minimum absolute atomic E-state index is 1.54. The van der Waals surface area contributed by atoms with Crippen molar-refractivity contribution in [3.63, 3.8) is 0 Å². The molecule has 0 unspecified atom stereocenters. The molecule has 0 atom stereocenters. The molecule has 0 aromatic rings. The van der Waals surface area contributed by atoms with Crippen LogP contribution in [0.25, 0.3) is 0 Å². The van der Waals surface area contributed by atoms with Crippen LogP contribution in [0, 0.1) is 0 Å². The highest BCUT2D eigenvalue weighted by Gasteiger charge is 2.24. The number of hydrogen-bond donors (Lipinski definition) is 0. The van der Waals surface area contributed by atoms with Gasteiger partial charge in [0.25, 0.3) is 0 Å². The minimum atomic E-state index is -1.59. The molecule has 0 bridgehead atoms. The first-order chi connectivity index (χ1) is 6.14. The Morgan fingerprint density at radius 1 is 0.857 bits per heavy atom. The molecule has 0 aliphatic heterocycles. The molecule has 3 nitrogen and oxygen atoms in total. The van der Waals surface area contributed by atoms with Crippen molar-refractivity contribution in [3.8, 4) is 0 Å². The number of hydrogen-bond acceptors (Lipinski definition) is 3. The van der Waals surface area contributed by atoms with Gasteiger partial charge in [-0.2, -0.15) is 5.23 Å². The molecule has 0 heterocycles. The molecular weight excluding hydrogens is 210 g/mol. The van der Waals surface area contributed by atoms with Crippen molar-refractivity contribution in [2.24, 2.45) is 0 Å². The fraction of sp³-hybridized carbons (Fsp3) is 0.778. The number of rotatable bonds is 5. The zero-order valence-corrected chi connectivity index (χ0v) is 12.4. The van der Waals surface area contributed by atoms with Gasteiger partial charge in [0, 0.05) is 0 Å². The summed E-state index contributed by atoms with van der Waals surface area (Å²) in [5, 5.41) is 1.54. The van der Waals surface area contributed by atoms with Gasteiger partial charge in [0.15, 0.2) is 0 Å². The Morgan fingerprint density at radius 2 is 1.21 bits per heavy atom. The van der Waals surface area contributed by atoms with Gasteiger partial charge in [0.05, 0.1) is 6.20 Å². The molecule has 0 aliphatic rings. The summed E-state index contributed by atoms with van der Waals surface area (Å²) >= 11 is 0. The average molecular weight is 233 g/mol. The van der Waals surface area contributed by atoms with Crippen molar-refractivity contribution in [3.05, 3.63) is 12.3 Å². The molecule has 84 valence electrons. The van der Waals surface area contributed by atoms with Crippen LogP contribution in [-0.2, 0) is 9.05 Å². The van der Waals surface area contributed by atoms with Crippen LogP contribution >= 0.6 is 0 Å². The summed E-state index contributed by atoms with van der Waals surface area (Å²) in [6.45, 7) is 14.8. The average Bonchev–Trinajstić information content (AvgIpc) is 1.78. The number of hydroxylamine groups is 2. The highest BCUT2D eigenvalue weighted by molar-refractivity contribution is 6.70. The minimum Gasteiger partial charge on any atom is -0.299 e. The lowest BCUT2D eigenvalue weighted by Crippen LogP contribution is -2.41. The highest BCUT2D eigenvalue weighted by atomic mass is 28.4. The van der Waals surface area contributed by atoms with E-state index in [2.05, 4.69) is 39.3 Å². The monoisotopic (exact) mass is 233 g/mol. The molecule has 0 fully saturated rings. The van der Waals surface area contributed by atoms with Gasteiger partial charge in [0.1, 0.15) is 0 Å². The Hall–Kier alpha value is -0.106. The van der Waals surface area contributed by atoms with Crippen LogP contribution in [0.2, 0.25) is 39.3 Å². The first-order valence-corrected chi connectivity index (χ1v) is 11.8. The molecule has 0 amide bonds. The Balaban J connectivity index is 4.31. The van der Waals surface area contributed by atoms with E-state index >= 15 is 0 Å². The quantitative estimate of drug-likeness (QED) is 0.537. The van der Waals surface area contributed by atoms with Gasteiger partial charge in [-0.25, -0.2) is 0 Å². The molecule has 0 saturated heterocycles. The van der Waals surface area contributed by atoms with Crippen LogP contribution < -0.4 is 0 Å². The van der Waals surface area contributed by atoms with E-state index in [4.69, 9.17) is 9.05 Å². The van der Waals surface area contributed by atoms with Crippen LogP contribution in [0.5, 0.6) is 0 Å². The van der Waals surface area contributed by atoms with Gasteiger partial charge >= 0.3 is 0 Å². The van der Waals surface area contributed by atoms with Gasteiger partial charge in [0.2, 0.25) is 16.6 Å². The predicted molar refractivity (Wildman–Crippen MR) is 65.5 cm³/mol. The molecule has 0 saturated carbocycles. The van der Waals surface area contributed by atoms with E-state index in [1.165, 1.54) is 0 Å². The normalized spacial score (nSPS) is 13.6. The van der Waals surface area contributed by atoms with Crippen molar-refractivity contribution < 1.29 is 9.05 Å². The topological polar surface area (TPSA) is 21.7 Å². The standard InChI is InChI=1S/C9H23NO2Si2/c1-8-9-10(11-13(2,3)4)12-14(5,6)7/h8-9H,1-7H3/b9-8-. The third-order valence-corrected chi connectivity index (χ3v) is 2.45. The lowest BCUT2D eigenvalue weighted by molar-refractivity contribution is -0.231. The Kier molecular flexibility index (Phi) is 5.07. The second-order valence-corrected chi connectivity index (χ2v) is 14.0. The summed E-state index contributed by atoms with van der Waals surface area (Å²) in [4.78, 5) is 0. The van der Waals surface area contributed by atoms with E-state index in [1.54, 1.807) is 5.23 Å². The van der Waals surface area contributed by atoms with Crippen molar-refractivity contribution in [1.29, 1.82) is 0 Å². The maximum absolute atomic E-state index is 5.75. The highest BCUT2D eigenvalue weighted by Crippen LogP contribution is 2.13. The van der Waals surface area contributed by atoms with E-state index in [0.29, 0.717) is 0 Å². The van der Waals surface area contributed by atoms with Crippen molar-refractivity contribution in [2.75, 3.05) is 0 Å². The van der Waals surface area contributed by atoms with Crippen LogP contribution in [0.1, 0.15) is 6.92 Å². The maximum atomic E-state index is 5.75. The molecule has 0 aliphatic carbocycles. The van der Waals surface area contributed by atoms with E-state index in [1.807, 2.05) is 19.2 Å². The summed E-state index contributed by atoms with van der Waals surface area (Å²) in [5.41, 5.74) is 0. The smallest absolute Gasteiger partial charge is 0.223 e. The molecule has 0 rings (SSSR count). The van der Waals surface area contributed by atoms with E-state index in [9.17, 15) is 0 Å². The summed E-state index contributed by atoms with van der Waals surface area (Å²) in [6.07, 6.45) is 3.75. The summed E-state index contributed by atoms with van der Waals surface area (Å²) in [7, 11) is -3.17. The maximum Gasteiger partial charge on any atom is 0.223 e. The molecule has 0 N–H and O–H groups in total. The number of nitrogens with zero attached hydrogens (tertiary/aromatic N) is 1. The van der Waals surface area contributed by atoms with E-state index in [-0.39, 0.29) is 0 Å². The van der Waals surface area contributed by atoms with Gasteiger partial charge < -0.3 is 0 Å². The van der Waals surface area contributed by atoms with Gasteiger partial charge in [-0.15, -0.1) is 0 Å².